The molecule has 1 unspecified atom stereocenters. The lowest BCUT2D eigenvalue weighted by atomic mass is 10.0. The average Bonchev–Trinajstić information content (AvgIpc) is 2.99. The van der Waals surface area contributed by atoms with Gasteiger partial charge in [-0.15, -0.1) is 0 Å². The van der Waals surface area contributed by atoms with E-state index in [9.17, 15) is 0 Å². The summed E-state index contributed by atoms with van der Waals surface area (Å²) in [5, 5.41) is 7.81. The first-order valence-corrected chi connectivity index (χ1v) is 7.71. The second-order valence-electron chi connectivity index (χ2n) is 5.18. The quantitative estimate of drug-likeness (QED) is 0.809. The van der Waals surface area contributed by atoms with Gasteiger partial charge in [0.15, 0.2) is 0 Å². The standard InChI is InChI=1S/C17H25N3O/c1-4-9-18-14(3)15-7-8-17(21-5-2)16(12-15)13-20-11-6-10-19-20/h6-8,10-12,14,18H,4-5,9,13H2,1-3H3. The third-order valence-electron chi connectivity index (χ3n) is 3.48. The Hall–Kier alpha value is -1.81. The molecule has 0 aliphatic carbocycles. The van der Waals surface area contributed by atoms with Gasteiger partial charge in [0.1, 0.15) is 5.75 Å². The van der Waals surface area contributed by atoms with Gasteiger partial charge in [-0.25, -0.2) is 0 Å². The second kappa shape index (κ2) is 7.84. The molecular formula is C17H25N3O. The third kappa shape index (κ3) is 4.33. The maximum Gasteiger partial charge on any atom is 0.124 e. The van der Waals surface area contributed by atoms with E-state index in [2.05, 4.69) is 42.5 Å². The molecule has 0 radical (unpaired) electrons. The largest absolute Gasteiger partial charge is 0.494 e. The molecule has 0 aliphatic rings. The van der Waals surface area contributed by atoms with E-state index < -0.39 is 0 Å². The first kappa shape index (κ1) is 15.6. The molecule has 2 rings (SSSR count). The summed E-state index contributed by atoms with van der Waals surface area (Å²) in [5.74, 6) is 0.944. The highest BCUT2D eigenvalue weighted by molar-refractivity contribution is 5.38. The molecule has 0 spiro atoms. The fourth-order valence-electron chi connectivity index (χ4n) is 2.34. The predicted octanol–water partition coefficient (Wildman–Crippen LogP) is 3.39. The third-order valence-corrected chi connectivity index (χ3v) is 3.48. The Morgan fingerprint density at radius 1 is 1.33 bits per heavy atom. The van der Waals surface area contributed by atoms with Gasteiger partial charge in [-0.2, -0.15) is 5.10 Å². The van der Waals surface area contributed by atoms with Crippen molar-refractivity contribution in [2.24, 2.45) is 0 Å². The molecule has 1 heterocycles. The number of nitrogens with one attached hydrogen (secondary N) is 1. The normalized spacial score (nSPS) is 12.3. The van der Waals surface area contributed by atoms with E-state index in [0.29, 0.717) is 12.6 Å². The number of rotatable bonds is 8. The van der Waals surface area contributed by atoms with Gasteiger partial charge in [0.25, 0.3) is 0 Å². The summed E-state index contributed by atoms with van der Waals surface area (Å²) in [7, 11) is 0. The Morgan fingerprint density at radius 2 is 2.19 bits per heavy atom. The number of hydrogen-bond donors (Lipinski definition) is 1. The molecule has 0 saturated carbocycles. The Labute approximate surface area is 127 Å². The van der Waals surface area contributed by atoms with Crippen molar-refractivity contribution in [3.63, 3.8) is 0 Å². The van der Waals surface area contributed by atoms with Crippen molar-refractivity contribution in [2.75, 3.05) is 13.2 Å². The van der Waals surface area contributed by atoms with E-state index in [1.54, 1.807) is 6.20 Å². The van der Waals surface area contributed by atoms with Crippen LogP contribution in [0.25, 0.3) is 0 Å². The van der Waals surface area contributed by atoms with Crippen molar-refractivity contribution >= 4 is 0 Å². The Morgan fingerprint density at radius 3 is 2.86 bits per heavy atom. The maximum atomic E-state index is 5.74. The summed E-state index contributed by atoms with van der Waals surface area (Å²) in [5.41, 5.74) is 2.46. The first-order valence-electron chi connectivity index (χ1n) is 7.71. The fraction of sp³-hybridized carbons (Fsp3) is 0.471. The highest BCUT2D eigenvalue weighted by atomic mass is 16.5. The van der Waals surface area contributed by atoms with E-state index in [1.165, 1.54) is 11.1 Å². The van der Waals surface area contributed by atoms with Crippen LogP contribution in [-0.2, 0) is 6.54 Å². The van der Waals surface area contributed by atoms with Gasteiger partial charge in [0, 0.05) is 24.0 Å². The molecule has 0 amide bonds. The maximum absolute atomic E-state index is 5.74. The zero-order valence-electron chi connectivity index (χ0n) is 13.2. The van der Waals surface area contributed by atoms with Crippen molar-refractivity contribution < 1.29 is 4.74 Å². The van der Waals surface area contributed by atoms with Crippen LogP contribution in [0.4, 0.5) is 0 Å². The second-order valence-corrected chi connectivity index (χ2v) is 5.18. The zero-order chi connectivity index (χ0) is 15.1. The van der Waals surface area contributed by atoms with Crippen molar-refractivity contribution in [3.05, 3.63) is 47.8 Å². The van der Waals surface area contributed by atoms with Crippen molar-refractivity contribution in [1.82, 2.24) is 15.1 Å². The van der Waals surface area contributed by atoms with Crippen LogP contribution in [0.15, 0.2) is 36.7 Å². The van der Waals surface area contributed by atoms with Gasteiger partial charge in [-0.1, -0.05) is 13.0 Å². The molecule has 21 heavy (non-hydrogen) atoms. The number of nitrogens with zero attached hydrogens (tertiary/aromatic N) is 2. The van der Waals surface area contributed by atoms with Gasteiger partial charge in [0.05, 0.1) is 13.2 Å². The van der Waals surface area contributed by atoms with Gasteiger partial charge < -0.3 is 10.1 Å². The van der Waals surface area contributed by atoms with Crippen LogP contribution < -0.4 is 10.1 Å². The molecule has 4 nitrogen and oxygen atoms in total. The zero-order valence-corrected chi connectivity index (χ0v) is 13.2. The lowest BCUT2D eigenvalue weighted by Gasteiger charge is -2.17. The van der Waals surface area contributed by atoms with Crippen LogP contribution >= 0.6 is 0 Å². The minimum absolute atomic E-state index is 0.344. The molecule has 0 aliphatic heterocycles. The molecule has 1 atom stereocenters. The van der Waals surface area contributed by atoms with Crippen molar-refractivity contribution in [3.8, 4) is 5.75 Å². The topological polar surface area (TPSA) is 39.1 Å². The number of hydrogen-bond acceptors (Lipinski definition) is 3. The lowest BCUT2D eigenvalue weighted by Crippen LogP contribution is -2.19. The molecule has 114 valence electrons. The molecule has 1 aromatic carbocycles. The average molecular weight is 287 g/mol. The van der Waals surface area contributed by atoms with Gasteiger partial charge >= 0.3 is 0 Å². The monoisotopic (exact) mass is 287 g/mol. The van der Waals surface area contributed by atoms with Crippen LogP contribution in [0.5, 0.6) is 5.75 Å². The Bertz CT molecular complexity index is 537. The summed E-state index contributed by atoms with van der Waals surface area (Å²) in [6.45, 7) is 8.83. The molecule has 0 bridgehead atoms. The minimum atomic E-state index is 0.344. The number of benzene rings is 1. The highest BCUT2D eigenvalue weighted by Crippen LogP contribution is 2.24. The van der Waals surface area contributed by atoms with Gasteiger partial charge in [0.2, 0.25) is 0 Å². The summed E-state index contributed by atoms with van der Waals surface area (Å²) in [4.78, 5) is 0. The summed E-state index contributed by atoms with van der Waals surface area (Å²) >= 11 is 0. The first-order chi connectivity index (χ1) is 10.2. The van der Waals surface area contributed by atoms with E-state index in [-0.39, 0.29) is 0 Å². The van der Waals surface area contributed by atoms with E-state index in [1.807, 2.05) is 23.9 Å². The fourth-order valence-corrected chi connectivity index (χ4v) is 2.34. The molecule has 0 saturated heterocycles. The molecule has 0 fully saturated rings. The number of aromatic nitrogens is 2. The highest BCUT2D eigenvalue weighted by Gasteiger charge is 2.10. The molecule has 1 aromatic heterocycles. The van der Waals surface area contributed by atoms with E-state index in [0.717, 1.165) is 25.3 Å². The summed E-state index contributed by atoms with van der Waals surface area (Å²) < 4.78 is 7.66. The minimum Gasteiger partial charge on any atom is -0.494 e. The van der Waals surface area contributed by atoms with Gasteiger partial charge in [-0.3, -0.25) is 4.68 Å². The van der Waals surface area contributed by atoms with E-state index in [4.69, 9.17) is 4.74 Å². The molecule has 1 N–H and O–H groups in total. The number of ether oxygens (including phenoxy) is 1. The molecule has 4 heteroatoms. The SMILES string of the molecule is CCCNC(C)c1ccc(OCC)c(Cn2cccn2)c1. The van der Waals surface area contributed by atoms with Crippen LogP contribution in [-0.4, -0.2) is 22.9 Å². The Kier molecular flexibility index (Phi) is 5.81. The summed E-state index contributed by atoms with van der Waals surface area (Å²) in [6.07, 6.45) is 4.91. The molecule has 2 aromatic rings. The smallest absolute Gasteiger partial charge is 0.124 e. The lowest BCUT2D eigenvalue weighted by molar-refractivity contribution is 0.335. The van der Waals surface area contributed by atoms with Crippen LogP contribution in [0.2, 0.25) is 0 Å². The van der Waals surface area contributed by atoms with Crippen molar-refractivity contribution in [1.29, 1.82) is 0 Å². The Balaban J connectivity index is 2.21. The molecular weight excluding hydrogens is 262 g/mol. The van der Waals surface area contributed by atoms with Crippen molar-refractivity contribution in [2.45, 2.75) is 39.8 Å². The van der Waals surface area contributed by atoms with E-state index >= 15 is 0 Å². The van der Waals surface area contributed by atoms with Crippen LogP contribution in [0.1, 0.15) is 44.4 Å². The predicted molar refractivity (Wildman–Crippen MR) is 85.6 cm³/mol. The van der Waals surface area contributed by atoms with Gasteiger partial charge in [-0.05, 0) is 50.6 Å². The summed E-state index contributed by atoms with van der Waals surface area (Å²) in [6, 6.07) is 8.72. The van der Waals surface area contributed by atoms with Crippen LogP contribution in [0, 0.1) is 0 Å². The van der Waals surface area contributed by atoms with Crippen LogP contribution in [0.3, 0.4) is 0 Å².